The summed E-state index contributed by atoms with van der Waals surface area (Å²) in [5.41, 5.74) is -0.656. The largest absolute Gasteiger partial charge is 0.477 e. The normalized spacial score (nSPS) is 9.67. The lowest BCUT2D eigenvalue weighted by Gasteiger charge is -1.92. The van der Waals surface area contributed by atoms with Crippen LogP contribution < -0.4 is 5.84 Å². The molecule has 3 N–H and O–H groups in total. The van der Waals surface area contributed by atoms with Crippen molar-refractivity contribution in [1.82, 2.24) is 4.68 Å². The number of aromatic carboxylic acids is 1. The Kier molecular flexibility index (Phi) is 1.70. The van der Waals surface area contributed by atoms with Gasteiger partial charge >= 0.3 is 5.97 Å². The molecule has 0 bridgehead atoms. The highest BCUT2D eigenvalue weighted by Crippen LogP contribution is 2.13. The number of carbonyl (C=O) groups is 1. The van der Waals surface area contributed by atoms with Gasteiger partial charge in [0.25, 0.3) is 5.69 Å². The van der Waals surface area contributed by atoms with Crippen molar-refractivity contribution in [2.75, 3.05) is 5.84 Å². The molecule has 0 saturated heterocycles. The molecule has 1 aromatic heterocycles. The lowest BCUT2D eigenvalue weighted by atomic mass is 10.4. The molecular formula is C5H5N3O4. The number of hydrogen-bond acceptors (Lipinski definition) is 4. The summed E-state index contributed by atoms with van der Waals surface area (Å²) in [5, 5.41) is 18.6. The average Bonchev–Trinajstić information content (AvgIpc) is 2.30. The van der Waals surface area contributed by atoms with E-state index in [2.05, 4.69) is 0 Å². The van der Waals surface area contributed by atoms with Gasteiger partial charge in [-0.3, -0.25) is 14.8 Å². The molecule has 1 aromatic rings. The summed E-state index contributed by atoms with van der Waals surface area (Å²) < 4.78 is 0.695. The topological polar surface area (TPSA) is 111 Å². The Balaban J connectivity index is 3.17. The number of nitrogens with zero attached hydrogens (tertiary/aromatic N) is 2. The summed E-state index contributed by atoms with van der Waals surface area (Å²) in [6.07, 6.45) is 0.934. The number of nitro groups is 1. The minimum atomic E-state index is -1.30. The first-order chi connectivity index (χ1) is 5.52. The molecule has 0 spiro atoms. The molecule has 0 fully saturated rings. The quantitative estimate of drug-likeness (QED) is 0.363. The third kappa shape index (κ3) is 1.19. The Morgan fingerprint density at radius 2 is 2.33 bits per heavy atom. The van der Waals surface area contributed by atoms with E-state index in [9.17, 15) is 14.9 Å². The first-order valence-corrected chi connectivity index (χ1v) is 2.87. The van der Waals surface area contributed by atoms with E-state index in [0.717, 1.165) is 12.3 Å². The van der Waals surface area contributed by atoms with E-state index in [4.69, 9.17) is 10.9 Å². The second-order valence-electron chi connectivity index (χ2n) is 2.05. The van der Waals surface area contributed by atoms with Crippen LogP contribution in [0.2, 0.25) is 0 Å². The number of carboxylic acids is 1. The molecule has 1 rings (SSSR count). The maximum Gasteiger partial charge on any atom is 0.354 e. The van der Waals surface area contributed by atoms with Crippen LogP contribution in [0.4, 0.5) is 5.69 Å². The molecule has 0 unspecified atom stereocenters. The van der Waals surface area contributed by atoms with E-state index >= 15 is 0 Å². The van der Waals surface area contributed by atoms with E-state index in [0.29, 0.717) is 4.68 Å². The molecule has 0 aromatic carbocycles. The lowest BCUT2D eigenvalue weighted by molar-refractivity contribution is -0.384. The van der Waals surface area contributed by atoms with Crippen molar-refractivity contribution in [2.24, 2.45) is 0 Å². The van der Waals surface area contributed by atoms with Crippen LogP contribution in [0, 0.1) is 10.1 Å². The molecule has 1 heterocycles. The van der Waals surface area contributed by atoms with Crippen molar-refractivity contribution in [1.29, 1.82) is 0 Å². The van der Waals surface area contributed by atoms with Gasteiger partial charge < -0.3 is 10.9 Å². The minimum absolute atomic E-state index is 0.318. The summed E-state index contributed by atoms with van der Waals surface area (Å²) >= 11 is 0. The van der Waals surface area contributed by atoms with Crippen LogP contribution in [0.5, 0.6) is 0 Å². The Bertz CT molecular complexity index is 342. The zero-order valence-corrected chi connectivity index (χ0v) is 5.80. The number of aromatic nitrogens is 1. The summed E-state index contributed by atoms with van der Waals surface area (Å²) in [6, 6.07) is 0.891. The van der Waals surface area contributed by atoms with Gasteiger partial charge in [0.15, 0.2) is 5.69 Å². The maximum atomic E-state index is 10.3. The monoisotopic (exact) mass is 171 g/mol. The summed E-state index contributed by atoms with van der Waals surface area (Å²) in [7, 11) is 0. The van der Waals surface area contributed by atoms with Crippen LogP contribution in [-0.4, -0.2) is 20.7 Å². The third-order valence-corrected chi connectivity index (χ3v) is 1.26. The maximum absolute atomic E-state index is 10.3. The number of carboxylic acid groups (broad SMARTS) is 1. The van der Waals surface area contributed by atoms with Gasteiger partial charge in [0, 0.05) is 0 Å². The highest BCUT2D eigenvalue weighted by molar-refractivity contribution is 5.86. The molecule has 12 heavy (non-hydrogen) atoms. The molecule has 0 saturated carbocycles. The highest BCUT2D eigenvalue weighted by Gasteiger charge is 2.16. The minimum Gasteiger partial charge on any atom is -0.477 e. The van der Waals surface area contributed by atoms with E-state index in [1.165, 1.54) is 0 Å². The van der Waals surface area contributed by atoms with Crippen LogP contribution in [0.3, 0.4) is 0 Å². The molecule has 7 nitrogen and oxygen atoms in total. The molecular weight excluding hydrogens is 166 g/mol. The standard InChI is InChI=1S/C5H5N3O4/c6-7-2-3(8(11)12)1-4(7)5(9)10/h1-2H,6H2,(H,9,10). The molecule has 0 aliphatic carbocycles. The van der Waals surface area contributed by atoms with Crippen LogP contribution >= 0.6 is 0 Å². The van der Waals surface area contributed by atoms with Gasteiger partial charge in [-0.1, -0.05) is 0 Å². The summed E-state index contributed by atoms with van der Waals surface area (Å²) in [5.74, 6) is 3.81. The molecule has 0 aliphatic rings. The fourth-order valence-corrected chi connectivity index (χ4v) is 0.736. The Morgan fingerprint density at radius 1 is 1.75 bits per heavy atom. The Labute approximate surface area is 66.1 Å². The number of nitrogen functional groups attached to an aromatic ring is 1. The number of hydrogen-bond donors (Lipinski definition) is 2. The van der Waals surface area contributed by atoms with E-state index < -0.39 is 10.9 Å². The Morgan fingerprint density at radius 3 is 2.58 bits per heavy atom. The van der Waals surface area contributed by atoms with Gasteiger partial charge in [0.1, 0.15) is 6.20 Å². The van der Waals surface area contributed by atoms with Crippen molar-refractivity contribution >= 4 is 11.7 Å². The Hall–Kier alpha value is -2.05. The van der Waals surface area contributed by atoms with Crippen LogP contribution in [0.15, 0.2) is 12.3 Å². The third-order valence-electron chi connectivity index (χ3n) is 1.26. The first-order valence-electron chi connectivity index (χ1n) is 2.87. The fourth-order valence-electron chi connectivity index (χ4n) is 0.736. The van der Waals surface area contributed by atoms with Gasteiger partial charge in [0.2, 0.25) is 0 Å². The molecule has 64 valence electrons. The second kappa shape index (κ2) is 2.53. The van der Waals surface area contributed by atoms with E-state index in [1.807, 2.05) is 0 Å². The molecule has 0 radical (unpaired) electrons. The van der Waals surface area contributed by atoms with Gasteiger partial charge in [-0.15, -0.1) is 0 Å². The SMILES string of the molecule is Nn1cc([N+](=O)[O-])cc1C(=O)O. The van der Waals surface area contributed by atoms with Gasteiger partial charge in [-0.25, -0.2) is 4.79 Å². The predicted molar refractivity (Wildman–Crippen MR) is 38.2 cm³/mol. The lowest BCUT2D eigenvalue weighted by Crippen LogP contribution is -2.14. The summed E-state index contributed by atoms with van der Waals surface area (Å²) in [6.45, 7) is 0. The van der Waals surface area contributed by atoms with Crippen LogP contribution in [-0.2, 0) is 0 Å². The summed E-state index contributed by atoms with van der Waals surface area (Å²) in [4.78, 5) is 19.8. The number of rotatable bonds is 2. The van der Waals surface area contributed by atoms with Crippen molar-refractivity contribution < 1.29 is 14.8 Å². The zero-order chi connectivity index (χ0) is 9.30. The van der Waals surface area contributed by atoms with E-state index in [1.54, 1.807) is 0 Å². The molecule has 0 aliphatic heterocycles. The van der Waals surface area contributed by atoms with Gasteiger partial charge in [-0.2, -0.15) is 0 Å². The average molecular weight is 171 g/mol. The van der Waals surface area contributed by atoms with Gasteiger partial charge in [-0.05, 0) is 0 Å². The highest BCUT2D eigenvalue weighted by atomic mass is 16.6. The fraction of sp³-hybridized carbons (Fsp3) is 0. The predicted octanol–water partition coefficient (Wildman–Crippen LogP) is -0.192. The van der Waals surface area contributed by atoms with Crippen molar-refractivity contribution in [3.63, 3.8) is 0 Å². The molecule has 0 atom stereocenters. The van der Waals surface area contributed by atoms with E-state index in [-0.39, 0.29) is 11.4 Å². The molecule has 7 heteroatoms. The zero-order valence-electron chi connectivity index (χ0n) is 5.80. The first kappa shape index (κ1) is 8.05. The van der Waals surface area contributed by atoms with Gasteiger partial charge in [0.05, 0.1) is 11.0 Å². The molecule has 0 amide bonds. The smallest absolute Gasteiger partial charge is 0.354 e. The van der Waals surface area contributed by atoms with Crippen LogP contribution in [0.25, 0.3) is 0 Å². The van der Waals surface area contributed by atoms with Crippen molar-refractivity contribution in [3.05, 3.63) is 28.1 Å². The van der Waals surface area contributed by atoms with Crippen LogP contribution in [0.1, 0.15) is 10.5 Å². The number of nitrogens with two attached hydrogens (primary N) is 1. The van der Waals surface area contributed by atoms with Crippen molar-refractivity contribution in [3.8, 4) is 0 Å². The second-order valence-corrected chi connectivity index (χ2v) is 2.05. The van der Waals surface area contributed by atoms with Crippen molar-refractivity contribution in [2.45, 2.75) is 0 Å².